The van der Waals surface area contributed by atoms with E-state index in [1.54, 1.807) is 11.6 Å². The number of hydrogen-bond donors (Lipinski definition) is 1. The Bertz CT molecular complexity index is 867. The molecule has 26 heavy (non-hydrogen) atoms. The maximum atomic E-state index is 12.6. The third-order valence-corrected chi connectivity index (χ3v) is 5.62. The lowest BCUT2D eigenvalue weighted by atomic mass is 10.1. The van der Waals surface area contributed by atoms with Gasteiger partial charge in [-0.15, -0.1) is 0 Å². The average molecular weight is 360 g/mol. The molecule has 0 aliphatic carbocycles. The van der Waals surface area contributed by atoms with E-state index in [0.29, 0.717) is 11.9 Å². The molecule has 0 spiro atoms. The quantitative estimate of drug-likeness (QED) is 0.871. The molecular weight excluding hydrogens is 332 g/mol. The van der Waals surface area contributed by atoms with Crippen molar-refractivity contribution in [2.75, 3.05) is 24.6 Å². The predicted molar refractivity (Wildman–Crippen MR) is 101 cm³/mol. The van der Waals surface area contributed by atoms with Crippen LogP contribution in [0.15, 0.2) is 4.79 Å². The molecule has 0 saturated carbocycles. The second-order valence-electron chi connectivity index (χ2n) is 7.64. The smallest absolute Gasteiger partial charge is 0.349 e. The van der Waals surface area contributed by atoms with Crippen LogP contribution >= 0.6 is 0 Å². The number of anilines is 1. The second-order valence-corrected chi connectivity index (χ2v) is 7.64. The van der Waals surface area contributed by atoms with Crippen molar-refractivity contribution in [3.05, 3.63) is 16.2 Å². The lowest BCUT2D eigenvalue weighted by Crippen LogP contribution is -2.55. The molecule has 2 aromatic heterocycles. The number of ether oxygens (including phenoxy) is 1. The zero-order chi connectivity index (χ0) is 18.4. The first-order valence-electron chi connectivity index (χ1n) is 9.55. The van der Waals surface area contributed by atoms with Crippen LogP contribution in [-0.4, -0.2) is 51.1 Å². The van der Waals surface area contributed by atoms with E-state index in [4.69, 9.17) is 9.84 Å². The van der Waals surface area contributed by atoms with Crippen molar-refractivity contribution >= 4 is 16.9 Å². The average Bonchev–Trinajstić information content (AvgIpc) is 2.99. The summed E-state index contributed by atoms with van der Waals surface area (Å²) in [6, 6.07) is 0.599. The standard InChI is InChI=1S/C18H28N6O2/c1-11-10-23(12(2)9-19-11)17-15-16(22(4)18(25)20-17)13(3)24(21-15)14-7-5-6-8-26-14/h11-12,14,19H,5-10H2,1-4H3/t11-,12+,14?/m1/s1. The van der Waals surface area contributed by atoms with Gasteiger partial charge in [0.25, 0.3) is 0 Å². The minimum Gasteiger partial charge on any atom is -0.357 e. The monoisotopic (exact) mass is 360 g/mol. The number of aryl methyl sites for hydroxylation is 2. The molecule has 1 N–H and O–H groups in total. The number of rotatable bonds is 2. The third kappa shape index (κ3) is 2.81. The Hall–Kier alpha value is -1.93. The fourth-order valence-corrected chi connectivity index (χ4v) is 4.09. The molecule has 8 nitrogen and oxygen atoms in total. The Kier molecular flexibility index (Phi) is 4.48. The molecule has 2 aliphatic rings. The van der Waals surface area contributed by atoms with Gasteiger partial charge in [-0.2, -0.15) is 10.1 Å². The summed E-state index contributed by atoms with van der Waals surface area (Å²) < 4.78 is 9.49. The molecule has 2 fully saturated rings. The van der Waals surface area contributed by atoms with Crippen LogP contribution in [0.3, 0.4) is 0 Å². The van der Waals surface area contributed by atoms with Crippen LogP contribution in [-0.2, 0) is 11.8 Å². The van der Waals surface area contributed by atoms with Crippen LogP contribution in [0.25, 0.3) is 11.0 Å². The van der Waals surface area contributed by atoms with Gasteiger partial charge in [-0.25, -0.2) is 9.48 Å². The van der Waals surface area contributed by atoms with Gasteiger partial charge in [-0.3, -0.25) is 4.57 Å². The highest BCUT2D eigenvalue weighted by Crippen LogP contribution is 2.31. The normalized spacial score (nSPS) is 27.2. The number of piperazine rings is 1. The molecular formula is C18H28N6O2. The van der Waals surface area contributed by atoms with Gasteiger partial charge >= 0.3 is 5.69 Å². The Morgan fingerprint density at radius 3 is 2.81 bits per heavy atom. The van der Waals surface area contributed by atoms with Gasteiger partial charge in [0.15, 0.2) is 17.6 Å². The van der Waals surface area contributed by atoms with Crippen molar-refractivity contribution in [1.82, 2.24) is 24.6 Å². The maximum absolute atomic E-state index is 12.6. The van der Waals surface area contributed by atoms with Gasteiger partial charge in [-0.1, -0.05) is 0 Å². The molecule has 0 aromatic carbocycles. The Labute approximate surface area is 153 Å². The van der Waals surface area contributed by atoms with Gasteiger partial charge in [0, 0.05) is 38.8 Å². The molecule has 142 valence electrons. The van der Waals surface area contributed by atoms with Crippen molar-refractivity contribution in [2.45, 2.75) is 58.3 Å². The summed E-state index contributed by atoms with van der Waals surface area (Å²) in [5.41, 5.74) is 2.37. The highest BCUT2D eigenvalue weighted by Gasteiger charge is 2.29. The molecule has 0 radical (unpaired) electrons. The summed E-state index contributed by atoms with van der Waals surface area (Å²) >= 11 is 0. The first kappa shape index (κ1) is 17.5. The molecule has 4 heterocycles. The SMILES string of the molecule is Cc1c2c(nn1C1CCCCO1)c(N1C[C@@H](C)NC[C@@H]1C)nc(=O)n2C. The van der Waals surface area contributed by atoms with E-state index < -0.39 is 0 Å². The summed E-state index contributed by atoms with van der Waals surface area (Å²) in [6.45, 7) is 8.75. The van der Waals surface area contributed by atoms with Gasteiger partial charge in [0.05, 0.1) is 11.2 Å². The molecule has 1 unspecified atom stereocenters. The largest absolute Gasteiger partial charge is 0.357 e. The van der Waals surface area contributed by atoms with Gasteiger partial charge in [0.1, 0.15) is 0 Å². The minimum absolute atomic E-state index is 0.0570. The molecule has 2 aliphatic heterocycles. The number of aromatic nitrogens is 4. The second kappa shape index (κ2) is 6.66. The van der Waals surface area contributed by atoms with E-state index in [1.165, 1.54) is 0 Å². The summed E-state index contributed by atoms with van der Waals surface area (Å²) in [7, 11) is 1.77. The van der Waals surface area contributed by atoms with E-state index in [-0.39, 0.29) is 18.0 Å². The van der Waals surface area contributed by atoms with Crippen molar-refractivity contribution < 1.29 is 4.74 Å². The van der Waals surface area contributed by atoms with Crippen molar-refractivity contribution in [3.8, 4) is 0 Å². The van der Waals surface area contributed by atoms with Gasteiger partial charge < -0.3 is 15.0 Å². The summed E-state index contributed by atoms with van der Waals surface area (Å²) in [5.74, 6) is 0.696. The van der Waals surface area contributed by atoms with Crippen LogP contribution in [0, 0.1) is 6.92 Å². The first-order valence-corrected chi connectivity index (χ1v) is 9.55. The van der Waals surface area contributed by atoms with E-state index in [2.05, 4.69) is 29.0 Å². The van der Waals surface area contributed by atoms with Crippen LogP contribution in [0.2, 0.25) is 0 Å². The first-order chi connectivity index (χ1) is 12.5. The summed E-state index contributed by atoms with van der Waals surface area (Å²) in [4.78, 5) is 19.2. The highest BCUT2D eigenvalue weighted by molar-refractivity contribution is 5.88. The topological polar surface area (TPSA) is 77.2 Å². The molecule has 0 bridgehead atoms. The van der Waals surface area contributed by atoms with Crippen molar-refractivity contribution in [2.24, 2.45) is 7.05 Å². The molecule has 2 saturated heterocycles. The Morgan fingerprint density at radius 2 is 2.08 bits per heavy atom. The van der Waals surface area contributed by atoms with Crippen molar-refractivity contribution in [1.29, 1.82) is 0 Å². The number of nitrogens with one attached hydrogen (secondary N) is 1. The van der Waals surface area contributed by atoms with Gasteiger partial charge in [0.2, 0.25) is 0 Å². The van der Waals surface area contributed by atoms with Crippen LogP contribution in [0.1, 0.15) is 45.0 Å². The molecule has 0 amide bonds. The molecule has 8 heteroatoms. The van der Waals surface area contributed by atoms with Crippen LogP contribution < -0.4 is 15.9 Å². The minimum atomic E-state index is -0.238. The highest BCUT2D eigenvalue weighted by atomic mass is 16.5. The maximum Gasteiger partial charge on any atom is 0.349 e. The molecule has 2 aromatic rings. The van der Waals surface area contributed by atoms with Crippen LogP contribution in [0.4, 0.5) is 5.82 Å². The molecule has 3 atom stereocenters. The Balaban J connectivity index is 1.88. The predicted octanol–water partition coefficient (Wildman–Crippen LogP) is 1.32. The zero-order valence-corrected chi connectivity index (χ0v) is 16.0. The van der Waals surface area contributed by atoms with Gasteiger partial charge in [-0.05, 0) is 40.0 Å². The van der Waals surface area contributed by atoms with E-state index in [0.717, 1.165) is 55.7 Å². The third-order valence-electron chi connectivity index (χ3n) is 5.62. The van der Waals surface area contributed by atoms with E-state index in [1.807, 2.05) is 11.6 Å². The number of nitrogens with zero attached hydrogens (tertiary/aromatic N) is 5. The fraction of sp³-hybridized carbons (Fsp3) is 0.722. The molecule has 4 rings (SSSR count). The fourth-order valence-electron chi connectivity index (χ4n) is 4.09. The summed E-state index contributed by atoms with van der Waals surface area (Å²) in [5, 5.41) is 8.36. The van der Waals surface area contributed by atoms with Crippen LogP contribution in [0.5, 0.6) is 0 Å². The van der Waals surface area contributed by atoms with E-state index in [9.17, 15) is 4.79 Å². The lowest BCUT2D eigenvalue weighted by molar-refractivity contribution is -0.0402. The number of fused-ring (bicyclic) bond motifs is 1. The summed E-state index contributed by atoms with van der Waals surface area (Å²) in [6.07, 6.45) is 3.12. The Morgan fingerprint density at radius 1 is 1.27 bits per heavy atom. The van der Waals surface area contributed by atoms with Crippen molar-refractivity contribution in [3.63, 3.8) is 0 Å². The zero-order valence-electron chi connectivity index (χ0n) is 16.0. The number of hydrogen-bond acceptors (Lipinski definition) is 6. The lowest BCUT2D eigenvalue weighted by Gasteiger charge is -2.38. The van der Waals surface area contributed by atoms with E-state index >= 15 is 0 Å².